The Hall–Kier alpha value is -3.15. The molecule has 2 aromatic rings. The number of alkyl carbamates (subject to hydrolysis) is 1. The molecule has 0 aliphatic rings. The van der Waals surface area contributed by atoms with Crippen LogP contribution in [0.1, 0.15) is 45.6 Å². The Morgan fingerprint density at radius 3 is 2.25 bits per heavy atom. The van der Waals surface area contributed by atoms with Crippen molar-refractivity contribution in [3.8, 4) is 5.75 Å². The molecule has 198 valence electrons. The first-order valence-corrected chi connectivity index (χ1v) is 13.0. The maximum Gasteiger partial charge on any atom is 0.407 e. The summed E-state index contributed by atoms with van der Waals surface area (Å²) in [5.41, 5.74) is 1.91. The molecule has 11 heteroatoms. The molecule has 0 aliphatic carbocycles. The van der Waals surface area contributed by atoms with Gasteiger partial charge in [0, 0.05) is 13.6 Å². The standard InChI is InChI=1S/C25H35N3O7S/c1-25(2,3)35-24(30)26-17-9-8-12-22(23(29)27-31)28(4)36(32,33)21-15-13-20(14-16-21)34-18-19-10-6-5-7-11-19/h5-7,10-11,13-16,22,31H,8-9,12,17-18H2,1-4H3,(H,26,30)(H,27,29)/t22-/m1/s1. The van der Waals surface area contributed by atoms with E-state index in [4.69, 9.17) is 14.7 Å². The lowest BCUT2D eigenvalue weighted by Gasteiger charge is -2.26. The molecular formula is C25H35N3O7S. The highest BCUT2D eigenvalue weighted by atomic mass is 32.2. The third-order valence-corrected chi connectivity index (χ3v) is 7.05. The summed E-state index contributed by atoms with van der Waals surface area (Å²) in [6.45, 7) is 5.91. The van der Waals surface area contributed by atoms with Gasteiger partial charge >= 0.3 is 6.09 Å². The number of sulfonamides is 1. The molecule has 2 amide bonds. The molecule has 2 rings (SSSR count). The summed E-state index contributed by atoms with van der Waals surface area (Å²) in [6.07, 6.45) is 0.481. The van der Waals surface area contributed by atoms with Crippen molar-refractivity contribution in [1.82, 2.24) is 15.1 Å². The lowest BCUT2D eigenvalue weighted by molar-refractivity contribution is -0.133. The van der Waals surface area contributed by atoms with Crippen molar-refractivity contribution in [3.05, 3.63) is 60.2 Å². The van der Waals surface area contributed by atoms with Crippen molar-refractivity contribution >= 4 is 22.0 Å². The Bertz CT molecular complexity index is 1080. The number of benzene rings is 2. The summed E-state index contributed by atoms with van der Waals surface area (Å²) in [5, 5.41) is 11.8. The SMILES string of the molecule is CN([C@H](CCCCNC(=O)OC(C)(C)C)C(=O)NO)S(=O)(=O)c1ccc(OCc2ccccc2)cc1. The first-order chi connectivity index (χ1) is 16.9. The van der Waals surface area contributed by atoms with E-state index >= 15 is 0 Å². The van der Waals surface area contributed by atoms with Gasteiger partial charge in [0.2, 0.25) is 10.0 Å². The number of ether oxygens (including phenoxy) is 2. The number of likely N-dealkylation sites (N-methyl/N-ethyl adjacent to an activating group) is 1. The zero-order chi connectivity index (χ0) is 26.8. The Labute approximate surface area is 212 Å². The van der Waals surface area contributed by atoms with E-state index < -0.39 is 33.7 Å². The fourth-order valence-corrected chi connectivity index (χ4v) is 4.65. The number of amides is 2. The van der Waals surface area contributed by atoms with Crippen LogP contribution in [0, 0.1) is 0 Å². The molecule has 0 heterocycles. The fourth-order valence-electron chi connectivity index (χ4n) is 3.30. The number of nitrogens with zero attached hydrogens (tertiary/aromatic N) is 1. The zero-order valence-electron chi connectivity index (χ0n) is 21.1. The van der Waals surface area contributed by atoms with E-state index in [2.05, 4.69) is 5.32 Å². The van der Waals surface area contributed by atoms with Gasteiger partial charge in [-0.2, -0.15) is 4.31 Å². The van der Waals surface area contributed by atoms with E-state index in [1.54, 1.807) is 38.4 Å². The van der Waals surface area contributed by atoms with E-state index in [0.29, 0.717) is 31.7 Å². The predicted octanol–water partition coefficient (Wildman–Crippen LogP) is 3.46. The molecule has 10 nitrogen and oxygen atoms in total. The highest BCUT2D eigenvalue weighted by Gasteiger charge is 2.32. The van der Waals surface area contributed by atoms with Crippen molar-refractivity contribution in [2.45, 2.75) is 63.2 Å². The number of unbranched alkanes of at least 4 members (excludes halogenated alkanes) is 1. The van der Waals surface area contributed by atoms with Crippen LogP contribution >= 0.6 is 0 Å². The molecule has 0 aliphatic heterocycles. The highest BCUT2D eigenvalue weighted by Crippen LogP contribution is 2.22. The molecule has 0 fully saturated rings. The van der Waals surface area contributed by atoms with Gasteiger partial charge < -0.3 is 14.8 Å². The van der Waals surface area contributed by atoms with Crippen molar-refractivity contribution < 1.29 is 32.7 Å². The van der Waals surface area contributed by atoms with Gasteiger partial charge in [-0.1, -0.05) is 30.3 Å². The summed E-state index contributed by atoms with van der Waals surface area (Å²) in [4.78, 5) is 24.0. The Balaban J connectivity index is 1.96. The second-order valence-electron chi connectivity index (χ2n) is 9.18. The number of hydroxylamine groups is 1. The molecule has 0 spiro atoms. The minimum absolute atomic E-state index is 0.0145. The molecule has 2 aromatic carbocycles. The minimum Gasteiger partial charge on any atom is -0.489 e. The number of carbonyl (C=O) groups excluding carboxylic acids is 2. The first-order valence-electron chi connectivity index (χ1n) is 11.6. The van der Waals surface area contributed by atoms with Crippen LogP contribution in [0.2, 0.25) is 0 Å². The maximum absolute atomic E-state index is 13.1. The molecular weight excluding hydrogens is 486 g/mol. The van der Waals surface area contributed by atoms with Crippen LogP contribution < -0.4 is 15.5 Å². The van der Waals surface area contributed by atoms with Crippen LogP contribution in [0.3, 0.4) is 0 Å². The smallest absolute Gasteiger partial charge is 0.407 e. The van der Waals surface area contributed by atoms with E-state index in [1.165, 1.54) is 19.2 Å². The second-order valence-corrected chi connectivity index (χ2v) is 11.2. The Morgan fingerprint density at radius 2 is 1.67 bits per heavy atom. The van der Waals surface area contributed by atoms with Gasteiger partial charge in [0.05, 0.1) is 4.90 Å². The van der Waals surface area contributed by atoms with Gasteiger partial charge in [0.1, 0.15) is 24.0 Å². The normalized spacial score (nSPS) is 12.6. The average Bonchev–Trinajstić information content (AvgIpc) is 2.84. The summed E-state index contributed by atoms with van der Waals surface area (Å²) in [7, 11) is -2.75. The Morgan fingerprint density at radius 1 is 1.03 bits per heavy atom. The van der Waals surface area contributed by atoms with Crippen LogP contribution in [0.15, 0.2) is 59.5 Å². The maximum atomic E-state index is 13.1. The van der Waals surface area contributed by atoms with E-state index in [0.717, 1.165) is 9.87 Å². The second kappa shape index (κ2) is 13.2. The quantitative estimate of drug-likeness (QED) is 0.221. The van der Waals surface area contributed by atoms with Gasteiger partial charge in [-0.05, 0) is 69.9 Å². The van der Waals surface area contributed by atoms with Crippen LogP contribution in [-0.4, -0.2) is 55.2 Å². The number of hydrogen-bond donors (Lipinski definition) is 3. The lowest BCUT2D eigenvalue weighted by atomic mass is 10.1. The summed E-state index contributed by atoms with van der Waals surface area (Å²) in [5.74, 6) is -0.341. The van der Waals surface area contributed by atoms with Crippen molar-refractivity contribution in [2.75, 3.05) is 13.6 Å². The largest absolute Gasteiger partial charge is 0.489 e. The number of rotatable bonds is 12. The van der Waals surface area contributed by atoms with E-state index in [-0.39, 0.29) is 11.3 Å². The van der Waals surface area contributed by atoms with E-state index in [9.17, 15) is 18.0 Å². The topological polar surface area (TPSA) is 134 Å². The first kappa shape index (κ1) is 29.1. The van der Waals surface area contributed by atoms with Crippen LogP contribution in [0.5, 0.6) is 5.75 Å². The zero-order valence-corrected chi connectivity index (χ0v) is 21.9. The highest BCUT2D eigenvalue weighted by molar-refractivity contribution is 7.89. The molecule has 0 saturated heterocycles. The molecule has 0 bridgehead atoms. The molecule has 36 heavy (non-hydrogen) atoms. The number of hydrogen-bond acceptors (Lipinski definition) is 7. The van der Waals surface area contributed by atoms with Crippen molar-refractivity contribution in [3.63, 3.8) is 0 Å². The predicted molar refractivity (Wildman–Crippen MR) is 134 cm³/mol. The summed E-state index contributed by atoms with van der Waals surface area (Å²) < 4.78 is 38.1. The van der Waals surface area contributed by atoms with Gasteiger partial charge in [-0.15, -0.1) is 0 Å². The van der Waals surface area contributed by atoms with Gasteiger partial charge in [-0.25, -0.2) is 18.7 Å². The summed E-state index contributed by atoms with van der Waals surface area (Å²) >= 11 is 0. The molecule has 0 saturated carbocycles. The van der Waals surface area contributed by atoms with Crippen LogP contribution in [0.4, 0.5) is 4.79 Å². The Kier molecular flexibility index (Phi) is 10.7. The molecule has 0 radical (unpaired) electrons. The minimum atomic E-state index is -4.04. The lowest BCUT2D eigenvalue weighted by Crippen LogP contribution is -2.46. The summed E-state index contributed by atoms with van der Waals surface area (Å²) in [6, 6.07) is 14.3. The number of carbonyl (C=O) groups is 2. The fraction of sp³-hybridized carbons (Fsp3) is 0.440. The average molecular weight is 522 g/mol. The van der Waals surface area contributed by atoms with Gasteiger partial charge in [-0.3, -0.25) is 10.0 Å². The third kappa shape index (κ3) is 9.14. The van der Waals surface area contributed by atoms with Crippen LogP contribution in [-0.2, 0) is 26.2 Å². The van der Waals surface area contributed by atoms with Crippen LogP contribution in [0.25, 0.3) is 0 Å². The third-order valence-electron chi connectivity index (χ3n) is 5.17. The van der Waals surface area contributed by atoms with Crippen molar-refractivity contribution in [2.24, 2.45) is 0 Å². The molecule has 0 aromatic heterocycles. The molecule has 3 N–H and O–H groups in total. The van der Waals surface area contributed by atoms with E-state index in [1.807, 2.05) is 30.3 Å². The monoisotopic (exact) mass is 521 g/mol. The molecule has 1 atom stereocenters. The number of nitrogens with one attached hydrogen (secondary N) is 2. The molecule has 0 unspecified atom stereocenters. The van der Waals surface area contributed by atoms with Gasteiger partial charge in [0.25, 0.3) is 5.91 Å². The van der Waals surface area contributed by atoms with Crippen molar-refractivity contribution in [1.29, 1.82) is 0 Å². The van der Waals surface area contributed by atoms with Gasteiger partial charge in [0.15, 0.2) is 0 Å².